The van der Waals surface area contributed by atoms with E-state index in [1.165, 1.54) is 28.8 Å². The maximum atomic E-state index is 13.5. The molecule has 0 N–H and O–H groups in total. The summed E-state index contributed by atoms with van der Waals surface area (Å²) in [5, 5.41) is 0. The number of aryl methyl sites for hydroxylation is 1. The first-order valence-corrected chi connectivity index (χ1v) is 6.77. The first-order valence-electron chi connectivity index (χ1n) is 6.77. The van der Waals surface area contributed by atoms with Crippen LogP contribution in [0.15, 0.2) is 36.4 Å². The smallest absolute Gasteiger partial charge is 0.126 e. The third-order valence-electron chi connectivity index (χ3n) is 3.98. The second kappa shape index (κ2) is 4.98. The van der Waals surface area contributed by atoms with Crippen molar-refractivity contribution in [2.75, 3.05) is 13.6 Å². The number of hydrogen-bond acceptors (Lipinski definition) is 1. The summed E-state index contributed by atoms with van der Waals surface area (Å²) in [5.74, 6) is -0.998. The van der Waals surface area contributed by atoms with E-state index in [0.29, 0.717) is 5.56 Å². The maximum Gasteiger partial charge on any atom is 0.126 e. The largest absolute Gasteiger partial charge is 0.301 e. The Hall–Kier alpha value is -1.74. The molecular weight excluding hydrogens is 256 g/mol. The zero-order chi connectivity index (χ0) is 14.3. The van der Waals surface area contributed by atoms with Gasteiger partial charge in [-0.2, -0.15) is 0 Å². The molecule has 0 saturated carbocycles. The van der Waals surface area contributed by atoms with Crippen LogP contribution in [-0.4, -0.2) is 18.5 Å². The molecule has 0 bridgehead atoms. The van der Waals surface area contributed by atoms with Crippen LogP contribution in [0.3, 0.4) is 0 Å². The summed E-state index contributed by atoms with van der Waals surface area (Å²) in [6.07, 6.45) is 0. The predicted octanol–water partition coefficient (Wildman–Crippen LogP) is 3.85. The van der Waals surface area contributed by atoms with E-state index >= 15 is 0 Å². The van der Waals surface area contributed by atoms with Crippen LogP contribution in [-0.2, 0) is 6.54 Å². The second-order valence-corrected chi connectivity index (χ2v) is 5.60. The van der Waals surface area contributed by atoms with Gasteiger partial charge in [0.25, 0.3) is 0 Å². The fourth-order valence-corrected chi connectivity index (χ4v) is 3.18. The molecule has 3 heteroatoms. The summed E-state index contributed by atoms with van der Waals surface area (Å²) in [4.78, 5) is 2.19. The van der Waals surface area contributed by atoms with E-state index in [2.05, 4.69) is 24.0 Å². The lowest BCUT2D eigenvalue weighted by molar-refractivity contribution is 0.294. The molecule has 1 nitrogen and oxygen atoms in total. The summed E-state index contributed by atoms with van der Waals surface area (Å²) < 4.78 is 27.0. The fourth-order valence-electron chi connectivity index (χ4n) is 3.18. The zero-order valence-corrected chi connectivity index (χ0v) is 11.7. The Kier molecular flexibility index (Phi) is 3.30. The van der Waals surface area contributed by atoms with Crippen LogP contribution in [0.1, 0.15) is 28.2 Å². The molecule has 0 aliphatic carbocycles. The van der Waals surface area contributed by atoms with E-state index in [4.69, 9.17) is 0 Å². The van der Waals surface area contributed by atoms with Crippen LogP contribution >= 0.6 is 0 Å². The third-order valence-corrected chi connectivity index (χ3v) is 3.98. The molecule has 1 aliphatic rings. The first kappa shape index (κ1) is 13.3. The fraction of sp³-hybridized carbons (Fsp3) is 0.294. The van der Waals surface area contributed by atoms with E-state index < -0.39 is 11.6 Å². The van der Waals surface area contributed by atoms with Crippen molar-refractivity contribution >= 4 is 0 Å². The van der Waals surface area contributed by atoms with Gasteiger partial charge in [0.1, 0.15) is 11.6 Å². The Bertz CT molecular complexity index is 631. The Balaban J connectivity index is 2.15. The number of nitrogens with zero attached hydrogens (tertiary/aromatic N) is 1. The molecule has 104 valence electrons. The standard InChI is InChI=1S/C17H17F2N/c1-11-4-3-5-12-9-20(2)10-16(17(11)12)13-6-14(18)8-15(19)7-13/h3-8,16H,9-10H2,1-2H3/t16-/m0/s1. The van der Waals surface area contributed by atoms with Gasteiger partial charge in [-0.1, -0.05) is 18.2 Å². The van der Waals surface area contributed by atoms with Gasteiger partial charge in [-0.05, 0) is 48.4 Å². The first-order chi connectivity index (χ1) is 9.54. The highest BCUT2D eigenvalue weighted by atomic mass is 19.1. The lowest BCUT2D eigenvalue weighted by atomic mass is 9.82. The normalized spacial score (nSPS) is 18.9. The molecule has 2 aromatic carbocycles. The second-order valence-electron chi connectivity index (χ2n) is 5.60. The Morgan fingerprint density at radius 2 is 1.80 bits per heavy atom. The number of likely N-dealkylation sites (N-methyl/N-ethyl adjacent to an activating group) is 1. The van der Waals surface area contributed by atoms with Gasteiger partial charge < -0.3 is 4.90 Å². The molecule has 0 radical (unpaired) electrons. The lowest BCUT2D eigenvalue weighted by Crippen LogP contribution is -2.31. The van der Waals surface area contributed by atoms with Gasteiger partial charge in [0, 0.05) is 25.1 Å². The van der Waals surface area contributed by atoms with E-state index in [-0.39, 0.29) is 5.92 Å². The van der Waals surface area contributed by atoms with E-state index in [9.17, 15) is 8.78 Å². The Labute approximate surface area is 117 Å². The van der Waals surface area contributed by atoms with Crippen LogP contribution < -0.4 is 0 Å². The summed E-state index contributed by atoms with van der Waals surface area (Å²) in [5.41, 5.74) is 4.36. The van der Waals surface area contributed by atoms with Crippen LogP contribution in [0.2, 0.25) is 0 Å². The third kappa shape index (κ3) is 2.34. The number of hydrogen-bond donors (Lipinski definition) is 0. The molecular formula is C17H17F2N. The van der Waals surface area contributed by atoms with Gasteiger partial charge >= 0.3 is 0 Å². The van der Waals surface area contributed by atoms with Gasteiger partial charge in [0.2, 0.25) is 0 Å². The van der Waals surface area contributed by atoms with Crippen molar-refractivity contribution in [2.24, 2.45) is 0 Å². The Morgan fingerprint density at radius 3 is 2.50 bits per heavy atom. The molecule has 1 aliphatic heterocycles. The van der Waals surface area contributed by atoms with Crippen molar-refractivity contribution in [1.29, 1.82) is 0 Å². The van der Waals surface area contributed by atoms with Crippen molar-refractivity contribution in [3.63, 3.8) is 0 Å². The van der Waals surface area contributed by atoms with Crippen molar-refractivity contribution in [2.45, 2.75) is 19.4 Å². The monoisotopic (exact) mass is 273 g/mol. The quantitative estimate of drug-likeness (QED) is 0.763. The van der Waals surface area contributed by atoms with Crippen LogP contribution in [0.5, 0.6) is 0 Å². The van der Waals surface area contributed by atoms with Crippen molar-refractivity contribution in [3.8, 4) is 0 Å². The lowest BCUT2D eigenvalue weighted by Gasteiger charge is -2.33. The summed E-state index contributed by atoms with van der Waals surface area (Å²) in [7, 11) is 2.04. The average molecular weight is 273 g/mol. The predicted molar refractivity (Wildman–Crippen MR) is 75.7 cm³/mol. The molecule has 0 unspecified atom stereocenters. The molecule has 3 rings (SSSR count). The molecule has 1 heterocycles. The van der Waals surface area contributed by atoms with Crippen molar-refractivity contribution < 1.29 is 8.78 Å². The van der Waals surface area contributed by atoms with E-state index in [1.54, 1.807) is 0 Å². The van der Waals surface area contributed by atoms with Gasteiger partial charge in [-0.3, -0.25) is 0 Å². The number of rotatable bonds is 1. The molecule has 0 fully saturated rings. The van der Waals surface area contributed by atoms with E-state index in [0.717, 1.165) is 19.2 Å². The maximum absolute atomic E-state index is 13.5. The topological polar surface area (TPSA) is 3.24 Å². The highest BCUT2D eigenvalue weighted by molar-refractivity contribution is 5.45. The average Bonchev–Trinajstić information content (AvgIpc) is 2.36. The van der Waals surface area contributed by atoms with Gasteiger partial charge in [-0.25, -0.2) is 8.78 Å². The van der Waals surface area contributed by atoms with E-state index in [1.807, 2.05) is 13.1 Å². The molecule has 2 aromatic rings. The molecule has 0 amide bonds. The van der Waals surface area contributed by atoms with Crippen molar-refractivity contribution in [3.05, 3.63) is 70.3 Å². The molecule has 0 saturated heterocycles. The van der Waals surface area contributed by atoms with Gasteiger partial charge in [-0.15, -0.1) is 0 Å². The molecule has 0 spiro atoms. The number of fused-ring (bicyclic) bond motifs is 1. The molecule has 0 aromatic heterocycles. The summed E-state index contributed by atoms with van der Waals surface area (Å²) >= 11 is 0. The number of halogens is 2. The number of benzene rings is 2. The SMILES string of the molecule is Cc1cccc2c1[C@H](c1cc(F)cc(F)c1)CN(C)C2. The molecule has 1 atom stereocenters. The minimum Gasteiger partial charge on any atom is -0.301 e. The van der Waals surface area contributed by atoms with Gasteiger partial charge in [0.05, 0.1) is 0 Å². The van der Waals surface area contributed by atoms with Crippen molar-refractivity contribution in [1.82, 2.24) is 4.90 Å². The highest BCUT2D eigenvalue weighted by Gasteiger charge is 2.26. The summed E-state index contributed by atoms with van der Waals surface area (Å²) in [6, 6.07) is 10.0. The Morgan fingerprint density at radius 1 is 1.10 bits per heavy atom. The zero-order valence-electron chi connectivity index (χ0n) is 11.7. The van der Waals surface area contributed by atoms with Crippen LogP contribution in [0, 0.1) is 18.6 Å². The van der Waals surface area contributed by atoms with Crippen LogP contribution in [0.25, 0.3) is 0 Å². The minimum absolute atomic E-state index is 0.0233. The highest BCUT2D eigenvalue weighted by Crippen LogP contribution is 2.35. The van der Waals surface area contributed by atoms with Gasteiger partial charge in [0.15, 0.2) is 0 Å². The molecule has 20 heavy (non-hydrogen) atoms. The summed E-state index contributed by atoms with van der Waals surface area (Å²) in [6.45, 7) is 3.72. The van der Waals surface area contributed by atoms with Crippen LogP contribution in [0.4, 0.5) is 8.78 Å². The minimum atomic E-state index is -0.511.